The minimum Gasteiger partial charge on any atom is -0.364 e. The third-order valence-electron chi connectivity index (χ3n) is 6.34. The lowest BCUT2D eigenvalue weighted by molar-refractivity contribution is 0.206. The third kappa shape index (κ3) is 5.10. The fourth-order valence-electron chi connectivity index (χ4n) is 4.74. The lowest BCUT2D eigenvalue weighted by Gasteiger charge is -2.38. The van der Waals surface area contributed by atoms with Crippen LogP contribution in [-0.4, -0.2) is 36.0 Å². The van der Waals surface area contributed by atoms with Crippen LogP contribution in [-0.2, 0) is 30.4 Å². The molecule has 8 nitrogen and oxygen atoms in total. The molecule has 182 valence electrons. The number of nitrogens with zero attached hydrogens (tertiary/aromatic N) is 5. The maximum atomic E-state index is 12.7. The van der Waals surface area contributed by atoms with Crippen molar-refractivity contribution in [2.45, 2.75) is 25.6 Å². The number of nitrogens with one attached hydrogen (secondary N) is 1. The molecule has 1 N–H and O–H groups in total. The minimum absolute atomic E-state index is 0.183. The van der Waals surface area contributed by atoms with E-state index in [-0.39, 0.29) is 6.04 Å². The molecule has 9 heteroatoms. The molecule has 0 unspecified atom stereocenters. The van der Waals surface area contributed by atoms with Crippen LogP contribution >= 0.6 is 0 Å². The summed E-state index contributed by atoms with van der Waals surface area (Å²) in [5.41, 5.74) is 4.96. The van der Waals surface area contributed by atoms with Crippen LogP contribution in [0.2, 0.25) is 0 Å². The van der Waals surface area contributed by atoms with Gasteiger partial charge in [0.1, 0.15) is 0 Å². The number of hydrogen-bond donors (Lipinski definition) is 2. The van der Waals surface area contributed by atoms with Gasteiger partial charge in [-0.15, -0.1) is 0 Å². The van der Waals surface area contributed by atoms with Gasteiger partial charge in [0.2, 0.25) is 10.9 Å². The highest BCUT2D eigenvalue weighted by Gasteiger charge is 2.33. The molecule has 0 saturated heterocycles. The number of imidazole rings is 1. The first kappa shape index (κ1) is 23.6. The average molecular weight is 499 g/mol. The van der Waals surface area contributed by atoms with Crippen molar-refractivity contribution < 1.29 is 8.42 Å². The lowest BCUT2D eigenvalue weighted by Crippen LogP contribution is -2.51. The number of para-hydroxylation sites is 1. The van der Waals surface area contributed by atoms with Crippen molar-refractivity contribution in [2.24, 2.45) is 0 Å². The van der Waals surface area contributed by atoms with Gasteiger partial charge in [-0.1, -0.05) is 48.5 Å². The number of fused-ring (bicyclic) bond motifs is 1. The Labute approximate surface area is 212 Å². The lowest BCUT2D eigenvalue weighted by atomic mass is 10.0. The zero-order valence-corrected chi connectivity index (χ0v) is 20.5. The Morgan fingerprint density at radius 1 is 1.06 bits per heavy atom. The number of anilines is 2. The molecular formula is C27H26N6O2S. The van der Waals surface area contributed by atoms with Gasteiger partial charge in [0.25, 0.3) is 0 Å². The second-order valence-electron chi connectivity index (χ2n) is 8.70. The van der Waals surface area contributed by atoms with E-state index in [9.17, 15) is 13.7 Å². The smallest absolute Gasteiger partial charge is 0.238 e. The first-order valence-corrected chi connectivity index (χ1v) is 12.8. The molecular weight excluding hydrogens is 472 g/mol. The first-order valence-electron chi connectivity index (χ1n) is 11.7. The molecule has 3 aromatic carbocycles. The van der Waals surface area contributed by atoms with Crippen LogP contribution < -0.4 is 9.31 Å². The predicted molar refractivity (Wildman–Crippen MR) is 140 cm³/mol. The van der Waals surface area contributed by atoms with Crippen LogP contribution in [0.3, 0.4) is 0 Å². The number of H-pyrrole nitrogens is 1. The van der Waals surface area contributed by atoms with Crippen molar-refractivity contribution >= 4 is 22.3 Å². The molecule has 1 aromatic heterocycles. The quantitative estimate of drug-likeness (QED) is 0.378. The largest absolute Gasteiger partial charge is 0.364 e. The molecule has 0 saturated carbocycles. The number of aromatic nitrogens is 2. The molecule has 1 aliphatic rings. The Morgan fingerprint density at radius 2 is 1.81 bits per heavy atom. The van der Waals surface area contributed by atoms with Crippen LogP contribution in [0.25, 0.3) is 0 Å². The molecule has 0 spiro atoms. The molecule has 1 atom stereocenters. The van der Waals surface area contributed by atoms with E-state index in [1.807, 2.05) is 59.7 Å². The molecule has 0 amide bonds. The summed E-state index contributed by atoms with van der Waals surface area (Å²) in [6, 6.07) is 26.9. The highest BCUT2D eigenvalue weighted by molar-refractivity contribution is 7.73. The second-order valence-corrected chi connectivity index (χ2v) is 9.55. The molecule has 4 aromatic rings. The van der Waals surface area contributed by atoms with Crippen molar-refractivity contribution in [2.75, 3.05) is 15.9 Å². The van der Waals surface area contributed by atoms with Gasteiger partial charge in [-0.05, 0) is 47.9 Å². The van der Waals surface area contributed by atoms with E-state index in [1.54, 1.807) is 24.5 Å². The maximum absolute atomic E-state index is 12.7. The number of hydrazine groups is 1. The Kier molecular flexibility index (Phi) is 6.98. The van der Waals surface area contributed by atoms with Crippen LogP contribution in [0.15, 0.2) is 91.4 Å². The summed E-state index contributed by atoms with van der Waals surface area (Å²) in [5.74, 6) is 0. The van der Waals surface area contributed by atoms with E-state index in [0.29, 0.717) is 37.3 Å². The molecule has 36 heavy (non-hydrogen) atoms. The van der Waals surface area contributed by atoms with Crippen molar-refractivity contribution in [3.63, 3.8) is 0 Å². The summed E-state index contributed by atoms with van der Waals surface area (Å²) >= 11 is 0. The maximum Gasteiger partial charge on any atom is 0.238 e. The third-order valence-corrected chi connectivity index (χ3v) is 7.11. The number of thiol groups is 1. The van der Waals surface area contributed by atoms with Gasteiger partial charge in [-0.25, -0.2) is 17.8 Å². The Bertz CT molecular complexity index is 1410. The van der Waals surface area contributed by atoms with Crippen LogP contribution in [0, 0.1) is 11.3 Å². The number of benzene rings is 3. The van der Waals surface area contributed by atoms with Crippen LogP contribution in [0.4, 0.5) is 11.4 Å². The number of aromatic amines is 1. The minimum atomic E-state index is -2.97. The van der Waals surface area contributed by atoms with Crippen molar-refractivity contribution in [3.8, 4) is 6.07 Å². The van der Waals surface area contributed by atoms with Gasteiger partial charge in [0.15, 0.2) is 0 Å². The van der Waals surface area contributed by atoms with E-state index >= 15 is 0 Å². The van der Waals surface area contributed by atoms with Gasteiger partial charge in [0, 0.05) is 25.0 Å². The Morgan fingerprint density at radius 3 is 2.47 bits per heavy atom. The van der Waals surface area contributed by atoms with E-state index in [1.165, 1.54) is 4.41 Å². The molecule has 1 aliphatic heterocycles. The topological polar surface area (TPSA) is 96.3 Å². The summed E-state index contributed by atoms with van der Waals surface area (Å²) in [6.45, 7) is 1.45. The molecule has 0 bridgehead atoms. The summed E-state index contributed by atoms with van der Waals surface area (Å²) in [4.78, 5) is 9.65. The zero-order valence-electron chi connectivity index (χ0n) is 19.6. The van der Waals surface area contributed by atoms with Gasteiger partial charge >= 0.3 is 0 Å². The fraction of sp³-hybridized carbons (Fsp3) is 0.185. The van der Waals surface area contributed by atoms with Crippen molar-refractivity contribution in [1.29, 1.82) is 5.26 Å². The van der Waals surface area contributed by atoms with Gasteiger partial charge in [-0.3, -0.25) is 0 Å². The van der Waals surface area contributed by atoms with Crippen LogP contribution in [0.1, 0.15) is 22.4 Å². The highest BCUT2D eigenvalue weighted by Crippen LogP contribution is 2.33. The molecule has 0 fully saturated rings. The highest BCUT2D eigenvalue weighted by atomic mass is 32.2. The Balaban J connectivity index is 1.63. The summed E-state index contributed by atoms with van der Waals surface area (Å²) < 4.78 is 26.8. The van der Waals surface area contributed by atoms with Crippen molar-refractivity contribution in [1.82, 2.24) is 15.0 Å². The van der Waals surface area contributed by atoms with Gasteiger partial charge < -0.3 is 9.88 Å². The van der Waals surface area contributed by atoms with E-state index in [0.717, 1.165) is 22.5 Å². The predicted octanol–water partition coefficient (Wildman–Crippen LogP) is 3.66. The first-order chi connectivity index (χ1) is 17.6. The van der Waals surface area contributed by atoms with Crippen LogP contribution in [0.5, 0.6) is 0 Å². The van der Waals surface area contributed by atoms with Gasteiger partial charge in [0.05, 0.1) is 41.9 Å². The van der Waals surface area contributed by atoms with Crippen molar-refractivity contribution in [3.05, 3.63) is 114 Å². The molecule has 2 heterocycles. The monoisotopic (exact) mass is 498 g/mol. The summed E-state index contributed by atoms with van der Waals surface area (Å²) in [7, 11) is -2.97. The van der Waals surface area contributed by atoms with Gasteiger partial charge in [-0.2, -0.15) is 10.3 Å². The normalized spacial score (nSPS) is 15.8. The standard InChI is InChI=1S/C27H26N6O2S/c28-15-22-11-12-27-23(13-22)17-32(33(36(34)35)25-9-5-2-6-10-25)26(14-21-7-3-1-4-8-21)19-31(27)18-24-16-29-20-30-24/h1-13,16,20,26,36H,14,17-19H2,(H,29,30)/t26-/m1/s1. The SMILES string of the molecule is N#Cc1ccc2c(c1)CN(N(c1ccccc1)[SH](=O)=O)[C@H](Cc1ccccc1)CN2Cc1c[nH]cn1. The van der Waals surface area contributed by atoms with E-state index in [2.05, 4.69) is 33.1 Å². The zero-order chi connectivity index (χ0) is 24.9. The molecule has 5 rings (SSSR count). The summed E-state index contributed by atoms with van der Waals surface area (Å²) in [5, 5.41) is 11.5. The van der Waals surface area contributed by atoms with E-state index < -0.39 is 10.9 Å². The molecule has 0 aliphatic carbocycles. The number of rotatable bonds is 7. The second kappa shape index (κ2) is 10.6. The molecule has 0 radical (unpaired) electrons. The number of hydrogen-bond acceptors (Lipinski definition) is 6. The summed E-state index contributed by atoms with van der Waals surface area (Å²) in [6.07, 6.45) is 4.16. The Hall–Kier alpha value is -4.13. The average Bonchev–Trinajstić information content (AvgIpc) is 3.37. The van der Waals surface area contributed by atoms with E-state index in [4.69, 9.17) is 0 Å². The number of nitriles is 1. The fourth-order valence-corrected chi connectivity index (χ4v) is 5.46.